The summed E-state index contributed by atoms with van der Waals surface area (Å²) in [5.41, 5.74) is -0.0868. The summed E-state index contributed by atoms with van der Waals surface area (Å²) in [6, 6.07) is 6.82. The third kappa shape index (κ3) is 3.59. The highest BCUT2D eigenvalue weighted by Crippen LogP contribution is 2.20. The summed E-state index contributed by atoms with van der Waals surface area (Å²) in [6.45, 7) is 0. The molecule has 0 bridgehead atoms. The molecule has 22 heavy (non-hydrogen) atoms. The smallest absolute Gasteiger partial charge is 0.261 e. The first kappa shape index (κ1) is 16.3. The van der Waals surface area contributed by atoms with Crippen LogP contribution in [0.2, 0.25) is 0 Å². The average molecular weight is 348 g/mol. The fraction of sp³-hybridized carbons (Fsp3) is 0. The summed E-state index contributed by atoms with van der Waals surface area (Å²) in [4.78, 5) is -0.801. The number of halogens is 2. The van der Waals surface area contributed by atoms with Crippen LogP contribution in [0.3, 0.4) is 0 Å². The quantitative estimate of drug-likeness (QED) is 0.871. The zero-order chi connectivity index (χ0) is 16.5. The highest BCUT2D eigenvalue weighted by Gasteiger charge is 2.17. The van der Waals surface area contributed by atoms with Gasteiger partial charge < -0.3 is 0 Å². The van der Waals surface area contributed by atoms with Gasteiger partial charge in [0, 0.05) is 0 Å². The van der Waals surface area contributed by atoms with Crippen molar-refractivity contribution in [3.63, 3.8) is 0 Å². The zero-order valence-electron chi connectivity index (χ0n) is 10.8. The second kappa shape index (κ2) is 5.63. The maximum Gasteiger partial charge on any atom is 0.261 e. The molecule has 0 fully saturated rings. The van der Waals surface area contributed by atoms with E-state index in [1.165, 1.54) is 18.2 Å². The fourth-order valence-corrected chi connectivity index (χ4v) is 3.22. The fourth-order valence-electron chi connectivity index (χ4n) is 1.59. The molecule has 2 aromatic rings. The second-order valence-electron chi connectivity index (χ2n) is 4.25. The lowest BCUT2D eigenvalue weighted by Crippen LogP contribution is -2.15. The van der Waals surface area contributed by atoms with E-state index in [0.717, 1.165) is 12.1 Å². The van der Waals surface area contributed by atoms with Crippen LogP contribution in [0.25, 0.3) is 0 Å². The van der Waals surface area contributed by atoms with Gasteiger partial charge in [-0.25, -0.2) is 30.8 Å². The Labute approximate surface area is 125 Å². The number of hydrogen-bond donors (Lipinski definition) is 2. The van der Waals surface area contributed by atoms with E-state index in [4.69, 9.17) is 5.14 Å². The van der Waals surface area contributed by atoms with Crippen LogP contribution < -0.4 is 9.86 Å². The van der Waals surface area contributed by atoms with Gasteiger partial charge in [-0.1, -0.05) is 6.07 Å². The molecule has 6 nitrogen and oxygen atoms in total. The molecule has 0 aliphatic rings. The first-order chi connectivity index (χ1) is 10.1. The first-order valence-electron chi connectivity index (χ1n) is 5.70. The molecule has 0 aromatic heterocycles. The number of rotatable bonds is 4. The van der Waals surface area contributed by atoms with E-state index in [2.05, 4.69) is 4.72 Å². The molecule has 0 saturated heterocycles. The van der Waals surface area contributed by atoms with Crippen LogP contribution in [-0.2, 0) is 20.0 Å². The van der Waals surface area contributed by atoms with E-state index in [9.17, 15) is 25.6 Å². The third-order valence-electron chi connectivity index (χ3n) is 2.62. The molecule has 0 heterocycles. The topological polar surface area (TPSA) is 106 Å². The lowest BCUT2D eigenvalue weighted by molar-refractivity contribution is 0.504. The summed E-state index contributed by atoms with van der Waals surface area (Å²) in [5.74, 6) is -2.50. The Hall–Kier alpha value is -2.04. The summed E-state index contributed by atoms with van der Waals surface area (Å²) in [6.07, 6.45) is 0. The van der Waals surface area contributed by atoms with Crippen molar-refractivity contribution in [1.29, 1.82) is 0 Å². The van der Waals surface area contributed by atoms with E-state index in [-0.39, 0.29) is 10.6 Å². The molecular formula is C12H10F2N2O4S2. The minimum Gasteiger partial charge on any atom is -0.280 e. The molecule has 2 aromatic carbocycles. The second-order valence-corrected chi connectivity index (χ2v) is 7.50. The van der Waals surface area contributed by atoms with Crippen LogP contribution in [0.15, 0.2) is 52.3 Å². The number of primary sulfonamides is 1. The van der Waals surface area contributed by atoms with Crippen molar-refractivity contribution >= 4 is 25.7 Å². The Bertz CT molecular complexity index is 928. The maximum atomic E-state index is 13.1. The number of hydrogen-bond acceptors (Lipinski definition) is 4. The Morgan fingerprint density at radius 1 is 0.864 bits per heavy atom. The standard InChI is InChI=1S/C12H10F2N2O4S2/c13-11-5-4-10(7-12(11)14)22(19,20)16-8-2-1-3-9(6-8)21(15,17)18/h1-7,16H,(H2,15,17,18). The van der Waals surface area contributed by atoms with Crippen molar-refractivity contribution in [1.82, 2.24) is 0 Å². The number of nitrogens with two attached hydrogens (primary N) is 1. The SMILES string of the molecule is NS(=O)(=O)c1cccc(NS(=O)(=O)c2ccc(F)c(F)c2)c1. The highest BCUT2D eigenvalue weighted by molar-refractivity contribution is 7.92. The van der Waals surface area contributed by atoms with Gasteiger partial charge in [-0.3, -0.25) is 4.72 Å². The largest absolute Gasteiger partial charge is 0.280 e. The van der Waals surface area contributed by atoms with Crippen LogP contribution in [0.5, 0.6) is 0 Å². The molecule has 0 spiro atoms. The van der Waals surface area contributed by atoms with Crippen LogP contribution >= 0.6 is 0 Å². The van der Waals surface area contributed by atoms with Gasteiger partial charge in [-0.15, -0.1) is 0 Å². The summed E-state index contributed by atoms with van der Waals surface area (Å²) in [7, 11) is -8.21. The molecule has 0 amide bonds. The predicted molar refractivity (Wildman–Crippen MR) is 75.0 cm³/mol. The van der Waals surface area contributed by atoms with Gasteiger partial charge >= 0.3 is 0 Å². The molecular weight excluding hydrogens is 338 g/mol. The molecule has 3 N–H and O–H groups in total. The molecule has 0 aliphatic heterocycles. The number of sulfonamides is 2. The van der Waals surface area contributed by atoms with Crippen molar-refractivity contribution in [3.05, 3.63) is 54.1 Å². The predicted octanol–water partition coefficient (Wildman–Crippen LogP) is 1.41. The van der Waals surface area contributed by atoms with E-state index >= 15 is 0 Å². The van der Waals surface area contributed by atoms with E-state index < -0.39 is 36.6 Å². The number of anilines is 1. The molecule has 0 radical (unpaired) electrons. The van der Waals surface area contributed by atoms with Gasteiger partial charge in [0.1, 0.15) is 0 Å². The van der Waals surface area contributed by atoms with Crippen molar-refractivity contribution < 1.29 is 25.6 Å². The Morgan fingerprint density at radius 3 is 2.14 bits per heavy atom. The molecule has 0 aliphatic carbocycles. The Balaban J connectivity index is 2.39. The van der Waals surface area contributed by atoms with Gasteiger partial charge in [-0.05, 0) is 36.4 Å². The lowest BCUT2D eigenvalue weighted by Gasteiger charge is -2.09. The van der Waals surface area contributed by atoms with Crippen LogP contribution in [0.4, 0.5) is 14.5 Å². The Kier molecular flexibility index (Phi) is 4.18. The minimum atomic E-state index is -4.21. The molecule has 10 heteroatoms. The highest BCUT2D eigenvalue weighted by atomic mass is 32.2. The van der Waals surface area contributed by atoms with Crippen LogP contribution in [0.1, 0.15) is 0 Å². The first-order valence-corrected chi connectivity index (χ1v) is 8.73. The van der Waals surface area contributed by atoms with Crippen LogP contribution in [-0.4, -0.2) is 16.8 Å². The molecule has 0 atom stereocenters. The van der Waals surface area contributed by atoms with Gasteiger partial charge in [0.25, 0.3) is 10.0 Å². The number of benzene rings is 2. The molecule has 118 valence electrons. The number of nitrogens with one attached hydrogen (secondary N) is 1. The summed E-state index contributed by atoms with van der Waals surface area (Å²) < 4.78 is 74.5. The zero-order valence-corrected chi connectivity index (χ0v) is 12.5. The van der Waals surface area contributed by atoms with Crippen molar-refractivity contribution in [2.75, 3.05) is 4.72 Å². The van der Waals surface area contributed by atoms with E-state index in [0.29, 0.717) is 12.1 Å². The van der Waals surface area contributed by atoms with Gasteiger partial charge in [0.2, 0.25) is 10.0 Å². The summed E-state index contributed by atoms with van der Waals surface area (Å²) >= 11 is 0. The molecule has 0 unspecified atom stereocenters. The monoisotopic (exact) mass is 348 g/mol. The molecule has 0 saturated carbocycles. The van der Waals surface area contributed by atoms with E-state index in [1.54, 1.807) is 0 Å². The summed E-state index contributed by atoms with van der Waals surface area (Å²) in [5, 5.41) is 4.94. The van der Waals surface area contributed by atoms with Gasteiger partial charge in [0.05, 0.1) is 15.5 Å². The van der Waals surface area contributed by atoms with Crippen LogP contribution in [0, 0.1) is 11.6 Å². The van der Waals surface area contributed by atoms with E-state index in [1.807, 2.05) is 0 Å². The minimum absolute atomic E-state index is 0.0868. The lowest BCUT2D eigenvalue weighted by atomic mass is 10.3. The molecule has 2 rings (SSSR count). The maximum absolute atomic E-state index is 13.1. The third-order valence-corrected chi connectivity index (χ3v) is 4.91. The average Bonchev–Trinajstić information content (AvgIpc) is 2.40. The van der Waals surface area contributed by atoms with Crippen molar-refractivity contribution in [2.45, 2.75) is 9.79 Å². The Morgan fingerprint density at radius 2 is 1.55 bits per heavy atom. The normalized spacial score (nSPS) is 12.1. The van der Waals surface area contributed by atoms with Gasteiger partial charge in [0.15, 0.2) is 11.6 Å². The van der Waals surface area contributed by atoms with Crippen molar-refractivity contribution in [2.24, 2.45) is 5.14 Å². The van der Waals surface area contributed by atoms with Crippen molar-refractivity contribution in [3.8, 4) is 0 Å². The van der Waals surface area contributed by atoms with Gasteiger partial charge in [-0.2, -0.15) is 0 Å².